The fraction of sp³-hybridized carbons (Fsp3) is 0.750. The smallest absolute Gasteiger partial charge is 0.0949 e. The van der Waals surface area contributed by atoms with Gasteiger partial charge >= 0.3 is 0 Å². The molecule has 0 bridgehead atoms. The van der Waals surface area contributed by atoms with Gasteiger partial charge in [-0.25, -0.2) is 4.98 Å². The molecule has 92 valence electrons. The molecule has 1 atom stereocenters. The summed E-state index contributed by atoms with van der Waals surface area (Å²) in [5.41, 5.74) is 7.25. The molecular formula is C12H23N3O. The van der Waals surface area contributed by atoms with E-state index in [9.17, 15) is 0 Å². The summed E-state index contributed by atoms with van der Waals surface area (Å²) in [6.45, 7) is 8.66. The van der Waals surface area contributed by atoms with E-state index in [1.54, 1.807) is 0 Å². The van der Waals surface area contributed by atoms with E-state index >= 15 is 0 Å². The minimum Gasteiger partial charge on any atom is -0.380 e. The number of imidazole rings is 1. The molecule has 0 aliphatic carbocycles. The van der Waals surface area contributed by atoms with Crippen LogP contribution in [0.5, 0.6) is 0 Å². The summed E-state index contributed by atoms with van der Waals surface area (Å²) in [6.07, 6.45) is 4.67. The molecule has 0 aliphatic rings. The van der Waals surface area contributed by atoms with Crippen molar-refractivity contribution in [2.24, 2.45) is 11.7 Å². The molecule has 0 amide bonds. The fourth-order valence-electron chi connectivity index (χ4n) is 1.76. The van der Waals surface area contributed by atoms with E-state index in [2.05, 4.69) is 23.4 Å². The monoisotopic (exact) mass is 225 g/mol. The molecule has 0 fully saturated rings. The van der Waals surface area contributed by atoms with E-state index in [-0.39, 0.29) is 6.04 Å². The van der Waals surface area contributed by atoms with Crippen molar-refractivity contribution in [2.45, 2.75) is 39.8 Å². The van der Waals surface area contributed by atoms with Crippen LogP contribution in [0.4, 0.5) is 0 Å². The molecule has 4 heteroatoms. The van der Waals surface area contributed by atoms with E-state index in [0.29, 0.717) is 12.5 Å². The lowest BCUT2D eigenvalue weighted by Crippen LogP contribution is -2.18. The topological polar surface area (TPSA) is 53.1 Å². The van der Waals surface area contributed by atoms with Crippen LogP contribution in [-0.2, 0) is 11.3 Å². The zero-order valence-corrected chi connectivity index (χ0v) is 10.5. The average molecular weight is 225 g/mol. The van der Waals surface area contributed by atoms with Crippen LogP contribution in [0.3, 0.4) is 0 Å². The van der Waals surface area contributed by atoms with Crippen molar-refractivity contribution in [2.75, 3.05) is 13.2 Å². The molecule has 0 aromatic carbocycles. The number of aromatic nitrogens is 2. The Bertz CT molecular complexity index is 296. The van der Waals surface area contributed by atoms with E-state index in [1.165, 1.54) is 0 Å². The van der Waals surface area contributed by atoms with Crippen molar-refractivity contribution in [3.63, 3.8) is 0 Å². The highest BCUT2D eigenvalue weighted by molar-refractivity contribution is 5.04. The largest absolute Gasteiger partial charge is 0.380 e. The Morgan fingerprint density at radius 1 is 1.50 bits per heavy atom. The van der Waals surface area contributed by atoms with Crippen LogP contribution in [0, 0.1) is 5.92 Å². The van der Waals surface area contributed by atoms with Crippen molar-refractivity contribution in [3.05, 3.63) is 18.2 Å². The van der Waals surface area contributed by atoms with Crippen molar-refractivity contribution in [1.82, 2.24) is 9.55 Å². The van der Waals surface area contributed by atoms with E-state index < -0.39 is 0 Å². The molecule has 1 aromatic heterocycles. The second-order valence-electron chi connectivity index (χ2n) is 4.44. The van der Waals surface area contributed by atoms with E-state index in [0.717, 1.165) is 25.3 Å². The predicted molar refractivity (Wildman–Crippen MR) is 65.1 cm³/mol. The number of ether oxygens (including phenoxy) is 1. The van der Waals surface area contributed by atoms with Gasteiger partial charge in [0.2, 0.25) is 0 Å². The van der Waals surface area contributed by atoms with Crippen LogP contribution in [0.15, 0.2) is 12.5 Å². The Morgan fingerprint density at radius 2 is 2.25 bits per heavy atom. The maximum Gasteiger partial charge on any atom is 0.0949 e. The standard InChI is InChI=1S/C12H23N3O/c1-4-16-6-5-15-9-14-8-12(15)11(13)7-10(2)3/h8-11H,4-7,13H2,1-3H3. The van der Waals surface area contributed by atoms with Crippen molar-refractivity contribution < 1.29 is 4.74 Å². The minimum atomic E-state index is 0.0733. The first-order valence-corrected chi connectivity index (χ1v) is 5.98. The van der Waals surface area contributed by atoms with Gasteiger partial charge in [0.15, 0.2) is 0 Å². The van der Waals surface area contributed by atoms with Crippen LogP contribution < -0.4 is 5.73 Å². The predicted octanol–water partition coefficient (Wildman–Crippen LogP) is 1.97. The van der Waals surface area contributed by atoms with Crippen molar-refractivity contribution in [3.8, 4) is 0 Å². The first kappa shape index (κ1) is 13.2. The Kier molecular flexibility index (Phi) is 5.49. The minimum absolute atomic E-state index is 0.0733. The lowest BCUT2D eigenvalue weighted by molar-refractivity contribution is 0.138. The average Bonchev–Trinajstić information content (AvgIpc) is 2.65. The Morgan fingerprint density at radius 3 is 2.88 bits per heavy atom. The lowest BCUT2D eigenvalue weighted by Gasteiger charge is -2.16. The first-order valence-electron chi connectivity index (χ1n) is 5.98. The van der Waals surface area contributed by atoms with Crippen LogP contribution in [-0.4, -0.2) is 22.8 Å². The summed E-state index contributed by atoms with van der Waals surface area (Å²) in [5.74, 6) is 0.602. The maximum atomic E-state index is 6.14. The summed E-state index contributed by atoms with van der Waals surface area (Å²) < 4.78 is 7.42. The van der Waals surface area contributed by atoms with E-state index in [4.69, 9.17) is 10.5 Å². The van der Waals surface area contributed by atoms with Crippen molar-refractivity contribution >= 4 is 0 Å². The van der Waals surface area contributed by atoms with Gasteiger partial charge in [0.1, 0.15) is 0 Å². The highest BCUT2D eigenvalue weighted by Gasteiger charge is 2.12. The summed E-state index contributed by atoms with van der Waals surface area (Å²) in [6, 6.07) is 0.0733. The fourth-order valence-corrected chi connectivity index (χ4v) is 1.76. The number of rotatable bonds is 7. The zero-order chi connectivity index (χ0) is 12.0. The molecule has 16 heavy (non-hydrogen) atoms. The summed E-state index contributed by atoms with van der Waals surface area (Å²) in [4.78, 5) is 4.16. The van der Waals surface area contributed by atoms with Crippen LogP contribution in [0.1, 0.15) is 38.9 Å². The molecule has 4 nitrogen and oxygen atoms in total. The number of hydrogen-bond donors (Lipinski definition) is 1. The second kappa shape index (κ2) is 6.66. The van der Waals surface area contributed by atoms with Gasteiger partial charge in [-0.1, -0.05) is 13.8 Å². The number of hydrogen-bond acceptors (Lipinski definition) is 3. The van der Waals surface area contributed by atoms with Gasteiger partial charge in [-0.2, -0.15) is 0 Å². The Labute approximate surface area is 97.8 Å². The Hall–Kier alpha value is -0.870. The highest BCUT2D eigenvalue weighted by Crippen LogP contribution is 2.18. The zero-order valence-electron chi connectivity index (χ0n) is 10.5. The quantitative estimate of drug-likeness (QED) is 0.722. The van der Waals surface area contributed by atoms with Gasteiger partial charge in [0.05, 0.1) is 18.6 Å². The molecule has 1 unspecified atom stereocenters. The molecule has 0 radical (unpaired) electrons. The van der Waals surface area contributed by atoms with Gasteiger partial charge in [0.25, 0.3) is 0 Å². The maximum absolute atomic E-state index is 6.14. The second-order valence-corrected chi connectivity index (χ2v) is 4.44. The highest BCUT2D eigenvalue weighted by atomic mass is 16.5. The number of nitrogens with two attached hydrogens (primary N) is 1. The van der Waals surface area contributed by atoms with Gasteiger partial charge in [-0.05, 0) is 19.3 Å². The molecule has 0 aliphatic heterocycles. The number of nitrogens with zero attached hydrogens (tertiary/aromatic N) is 2. The molecule has 0 spiro atoms. The summed E-state index contributed by atoms with van der Waals surface area (Å²) >= 11 is 0. The summed E-state index contributed by atoms with van der Waals surface area (Å²) in [7, 11) is 0. The third-order valence-electron chi connectivity index (χ3n) is 2.53. The van der Waals surface area contributed by atoms with Gasteiger partial charge < -0.3 is 15.0 Å². The van der Waals surface area contributed by atoms with Crippen LogP contribution >= 0.6 is 0 Å². The Balaban J connectivity index is 2.55. The van der Waals surface area contributed by atoms with Crippen LogP contribution in [0.2, 0.25) is 0 Å². The molecule has 1 rings (SSSR count). The molecule has 2 N–H and O–H groups in total. The van der Waals surface area contributed by atoms with Gasteiger partial charge in [-0.3, -0.25) is 0 Å². The third-order valence-corrected chi connectivity index (χ3v) is 2.53. The third kappa shape index (κ3) is 3.94. The molecule has 1 heterocycles. The van der Waals surface area contributed by atoms with E-state index in [1.807, 2.05) is 19.4 Å². The SMILES string of the molecule is CCOCCn1cncc1C(N)CC(C)C. The molecule has 0 saturated heterocycles. The molecule has 0 saturated carbocycles. The first-order chi connectivity index (χ1) is 7.65. The van der Waals surface area contributed by atoms with Gasteiger partial charge in [0, 0.05) is 25.4 Å². The summed E-state index contributed by atoms with van der Waals surface area (Å²) in [5, 5.41) is 0. The van der Waals surface area contributed by atoms with Gasteiger partial charge in [-0.15, -0.1) is 0 Å². The lowest BCUT2D eigenvalue weighted by atomic mass is 10.0. The molecular weight excluding hydrogens is 202 g/mol. The molecule has 1 aromatic rings. The van der Waals surface area contributed by atoms with Crippen LogP contribution in [0.25, 0.3) is 0 Å². The normalized spacial score (nSPS) is 13.3. The van der Waals surface area contributed by atoms with Crippen molar-refractivity contribution in [1.29, 1.82) is 0 Å².